The normalized spacial score (nSPS) is 11.7. The summed E-state index contributed by atoms with van der Waals surface area (Å²) in [6, 6.07) is 10.7. The van der Waals surface area contributed by atoms with Gasteiger partial charge < -0.3 is 10.2 Å². The zero-order valence-corrected chi connectivity index (χ0v) is 16.2. The van der Waals surface area contributed by atoms with Crippen LogP contribution >= 0.6 is 0 Å². The highest BCUT2D eigenvalue weighted by molar-refractivity contribution is 5.77. The predicted molar refractivity (Wildman–Crippen MR) is 102 cm³/mol. The van der Waals surface area contributed by atoms with E-state index in [1.807, 2.05) is 0 Å². The average Bonchev–Trinajstić information content (AvgIpc) is 2.58. The molecule has 136 valence electrons. The van der Waals surface area contributed by atoms with Gasteiger partial charge in [0.2, 0.25) is 5.91 Å². The quantitative estimate of drug-likeness (QED) is 0.606. The highest BCUT2D eigenvalue weighted by atomic mass is 16.1. The van der Waals surface area contributed by atoms with E-state index < -0.39 is 0 Å². The number of carbonyl (C=O) groups is 1. The molecule has 1 amide bonds. The number of benzene rings is 1. The molecule has 3 nitrogen and oxygen atoms in total. The number of nitrogens with one attached hydrogen (secondary N) is 2. The molecule has 0 aliphatic heterocycles. The van der Waals surface area contributed by atoms with Crippen LogP contribution in [0.4, 0.5) is 0 Å². The molecule has 3 heteroatoms. The van der Waals surface area contributed by atoms with E-state index in [9.17, 15) is 4.79 Å². The van der Waals surface area contributed by atoms with Crippen molar-refractivity contribution in [1.82, 2.24) is 5.32 Å². The molecule has 0 radical (unpaired) electrons. The Labute approximate surface area is 148 Å². The van der Waals surface area contributed by atoms with Crippen molar-refractivity contribution in [3.63, 3.8) is 0 Å². The van der Waals surface area contributed by atoms with Gasteiger partial charge in [0.05, 0.1) is 27.2 Å². The lowest BCUT2D eigenvalue weighted by molar-refractivity contribution is -0.856. The molecule has 1 rings (SSSR count). The Bertz CT molecular complexity index is 448. The largest absolute Gasteiger partial charge is 0.350 e. The Morgan fingerprint density at radius 2 is 1.62 bits per heavy atom. The van der Waals surface area contributed by atoms with E-state index in [-0.39, 0.29) is 11.3 Å². The fourth-order valence-electron chi connectivity index (χ4n) is 3.34. The Kier molecular flexibility index (Phi) is 9.70. The molecule has 0 saturated heterocycles. The molecule has 0 unspecified atom stereocenters. The van der Waals surface area contributed by atoms with Crippen LogP contribution in [0.5, 0.6) is 0 Å². The first kappa shape index (κ1) is 20.7. The summed E-state index contributed by atoms with van der Waals surface area (Å²) in [7, 11) is 4.23. The lowest BCUT2D eigenvalue weighted by Gasteiger charge is -2.34. The maximum absolute atomic E-state index is 12.6. The van der Waals surface area contributed by atoms with Crippen LogP contribution in [0, 0.1) is 0 Å². The molecule has 0 fully saturated rings. The van der Waals surface area contributed by atoms with E-state index in [1.54, 1.807) is 0 Å². The molecule has 2 N–H and O–H groups in total. The van der Waals surface area contributed by atoms with Gasteiger partial charge >= 0.3 is 0 Å². The third-order valence-corrected chi connectivity index (χ3v) is 4.85. The van der Waals surface area contributed by atoms with Crippen molar-refractivity contribution in [2.45, 2.75) is 64.2 Å². The third kappa shape index (κ3) is 7.04. The topological polar surface area (TPSA) is 33.5 Å². The summed E-state index contributed by atoms with van der Waals surface area (Å²) in [5.41, 5.74) is 1.32. The number of hydrogen-bond acceptors (Lipinski definition) is 1. The minimum Gasteiger partial charge on any atom is -0.350 e. The lowest BCUT2D eigenvalue weighted by atomic mass is 9.70. The van der Waals surface area contributed by atoms with Crippen LogP contribution in [-0.4, -0.2) is 33.1 Å². The second-order valence-electron chi connectivity index (χ2n) is 7.34. The zero-order valence-electron chi connectivity index (χ0n) is 16.2. The Morgan fingerprint density at radius 1 is 1.04 bits per heavy atom. The molecule has 0 heterocycles. The highest BCUT2D eigenvalue weighted by Gasteiger charge is 2.33. The van der Waals surface area contributed by atoms with E-state index in [0.717, 1.165) is 25.9 Å². The number of unbranched alkanes of at least 4 members (excludes halogenated alkanes) is 2. The molecule has 0 spiro atoms. The predicted octanol–water partition coefficient (Wildman–Crippen LogP) is 2.96. The number of quaternary nitrogens is 1. The molecular weight excluding hydrogens is 296 g/mol. The Balaban J connectivity index is 2.90. The van der Waals surface area contributed by atoms with Crippen molar-refractivity contribution in [3.05, 3.63) is 35.9 Å². The smallest absolute Gasteiger partial charge is 0.221 e. The maximum Gasteiger partial charge on any atom is 0.221 e. The molecular formula is C21H37N2O+. The van der Waals surface area contributed by atoms with E-state index in [1.165, 1.54) is 36.1 Å². The zero-order chi connectivity index (χ0) is 17.8. The van der Waals surface area contributed by atoms with E-state index in [4.69, 9.17) is 0 Å². The van der Waals surface area contributed by atoms with E-state index >= 15 is 0 Å². The van der Waals surface area contributed by atoms with Gasteiger partial charge in [0.25, 0.3) is 0 Å². The molecule has 0 aliphatic rings. The van der Waals surface area contributed by atoms with Gasteiger partial charge in [-0.1, -0.05) is 69.9 Å². The fraction of sp³-hybridized carbons (Fsp3) is 0.667. The van der Waals surface area contributed by atoms with Gasteiger partial charge in [-0.05, 0) is 18.4 Å². The number of amides is 1. The second kappa shape index (κ2) is 11.2. The van der Waals surface area contributed by atoms with Crippen LogP contribution in [0.3, 0.4) is 0 Å². The second-order valence-corrected chi connectivity index (χ2v) is 7.34. The SMILES string of the molecule is CCCCC(CCCC)(CC(=O)NCC[NH+](C)C)c1ccccc1. The summed E-state index contributed by atoms with van der Waals surface area (Å²) in [5, 5.41) is 3.13. The molecule has 0 bridgehead atoms. The number of carbonyl (C=O) groups excluding carboxylic acids is 1. The number of rotatable bonds is 12. The van der Waals surface area contributed by atoms with Gasteiger partial charge in [-0.25, -0.2) is 0 Å². The minimum absolute atomic E-state index is 0.0116. The first-order valence-electron chi connectivity index (χ1n) is 9.65. The molecule has 0 atom stereocenters. The van der Waals surface area contributed by atoms with Crippen LogP contribution < -0.4 is 10.2 Å². The lowest BCUT2D eigenvalue weighted by Crippen LogP contribution is -3.06. The van der Waals surface area contributed by atoms with E-state index in [2.05, 4.69) is 63.6 Å². The molecule has 0 aliphatic carbocycles. The monoisotopic (exact) mass is 333 g/mol. The van der Waals surface area contributed by atoms with Gasteiger partial charge in [-0.15, -0.1) is 0 Å². The molecule has 1 aromatic carbocycles. The first-order valence-corrected chi connectivity index (χ1v) is 9.65. The summed E-state index contributed by atoms with van der Waals surface area (Å²) in [5.74, 6) is 0.201. The highest BCUT2D eigenvalue weighted by Crippen LogP contribution is 2.38. The van der Waals surface area contributed by atoms with Crippen molar-refractivity contribution in [3.8, 4) is 0 Å². The Hall–Kier alpha value is -1.35. The van der Waals surface area contributed by atoms with Crippen molar-refractivity contribution < 1.29 is 9.69 Å². The van der Waals surface area contributed by atoms with Crippen LogP contribution in [0.1, 0.15) is 64.4 Å². The van der Waals surface area contributed by atoms with Crippen LogP contribution in [0.25, 0.3) is 0 Å². The molecule has 1 aromatic rings. The standard InChI is InChI=1S/C21H36N2O/c1-5-7-14-21(15-8-6-2,19-12-10-9-11-13-19)18-20(24)22-16-17-23(3)4/h9-13H,5-8,14-18H2,1-4H3,(H,22,24)/p+1. The fourth-order valence-corrected chi connectivity index (χ4v) is 3.34. The summed E-state index contributed by atoms with van der Waals surface area (Å²) < 4.78 is 0. The van der Waals surface area contributed by atoms with Crippen molar-refractivity contribution in [2.75, 3.05) is 27.2 Å². The van der Waals surface area contributed by atoms with Crippen molar-refractivity contribution in [2.24, 2.45) is 0 Å². The summed E-state index contributed by atoms with van der Waals surface area (Å²) >= 11 is 0. The van der Waals surface area contributed by atoms with Crippen LogP contribution in [0.2, 0.25) is 0 Å². The van der Waals surface area contributed by atoms with Crippen molar-refractivity contribution >= 4 is 5.91 Å². The van der Waals surface area contributed by atoms with E-state index in [0.29, 0.717) is 6.42 Å². The average molecular weight is 334 g/mol. The summed E-state index contributed by atoms with van der Waals surface area (Å²) in [6.45, 7) is 6.19. The third-order valence-electron chi connectivity index (χ3n) is 4.85. The van der Waals surface area contributed by atoms with Crippen LogP contribution in [-0.2, 0) is 10.2 Å². The number of hydrogen-bond donors (Lipinski definition) is 2. The van der Waals surface area contributed by atoms with Gasteiger partial charge in [0, 0.05) is 11.8 Å². The molecule has 0 aromatic heterocycles. The molecule has 24 heavy (non-hydrogen) atoms. The minimum atomic E-state index is -0.0116. The first-order chi connectivity index (χ1) is 11.5. The Morgan fingerprint density at radius 3 is 2.12 bits per heavy atom. The van der Waals surface area contributed by atoms with Gasteiger partial charge in [-0.2, -0.15) is 0 Å². The van der Waals surface area contributed by atoms with Gasteiger partial charge in [0.1, 0.15) is 0 Å². The number of likely N-dealkylation sites (N-methyl/N-ethyl adjacent to an activating group) is 1. The van der Waals surface area contributed by atoms with Crippen molar-refractivity contribution in [1.29, 1.82) is 0 Å². The van der Waals surface area contributed by atoms with Crippen LogP contribution in [0.15, 0.2) is 30.3 Å². The molecule has 0 saturated carbocycles. The maximum atomic E-state index is 12.6. The summed E-state index contributed by atoms with van der Waals surface area (Å²) in [4.78, 5) is 14.0. The van der Waals surface area contributed by atoms with Gasteiger partial charge in [-0.3, -0.25) is 4.79 Å². The summed E-state index contributed by atoms with van der Waals surface area (Å²) in [6.07, 6.45) is 7.50. The van der Waals surface area contributed by atoms with Gasteiger partial charge in [0.15, 0.2) is 0 Å².